The molecule has 2 N–H and O–H groups in total. The maximum atomic E-state index is 12.7. The quantitative estimate of drug-likeness (QED) is 0.746. The Labute approximate surface area is 111 Å². The summed E-state index contributed by atoms with van der Waals surface area (Å²) in [6.07, 6.45) is 0.417. The molecule has 0 radical (unpaired) electrons. The third-order valence-electron chi connectivity index (χ3n) is 2.37. The zero-order chi connectivity index (χ0) is 13.4. The van der Waals surface area contributed by atoms with Gasteiger partial charge in [-0.15, -0.1) is 11.8 Å². The van der Waals surface area contributed by atoms with Crippen LogP contribution in [0.15, 0.2) is 29.2 Å². The van der Waals surface area contributed by atoms with Crippen molar-refractivity contribution in [3.8, 4) is 0 Å². The van der Waals surface area contributed by atoms with Gasteiger partial charge in [-0.05, 0) is 30.2 Å². The summed E-state index contributed by atoms with van der Waals surface area (Å²) in [5.74, 6) is 0.462. The van der Waals surface area contributed by atoms with E-state index in [2.05, 4.69) is 5.32 Å². The number of nitrogens with one attached hydrogen (secondary N) is 1. The topological polar surface area (TPSA) is 49.3 Å². The fourth-order valence-corrected chi connectivity index (χ4v) is 2.09. The highest BCUT2D eigenvalue weighted by atomic mass is 32.2. The summed E-state index contributed by atoms with van der Waals surface area (Å²) in [5.41, 5.74) is 0. The number of carbonyl (C=O) groups is 1. The standard InChI is InChI=1S/C13H18FNO2S/c1-10(9-16)8-15-13(17)6-7-18-12-4-2-11(14)3-5-12/h2-5,10,16H,6-9H2,1H3,(H,15,17). The van der Waals surface area contributed by atoms with E-state index in [0.717, 1.165) is 4.90 Å². The number of hydrogen-bond donors (Lipinski definition) is 2. The maximum absolute atomic E-state index is 12.7. The van der Waals surface area contributed by atoms with Gasteiger partial charge in [0.1, 0.15) is 5.82 Å². The van der Waals surface area contributed by atoms with Crippen LogP contribution in [-0.2, 0) is 4.79 Å². The molecule has 18 heavy (non-hydrogen) atoms. The number of amides is 1. The molecule has 1 rings (SSSR count). The van der Waals surface area contributed by atoms with Gasteiger partial charge in [0.25, 0.3) is 0 Å². The van der Waals surface area contributed by atoms with Crippen molar-refractivity contribution in [1.82, 2.24) is 5.32 Å². The van der Waals surface area contributed by atoms with E-state index in [0.29, 0.717) is 18.7 Å². The Morgan fingerprint density at radius 1 is 1.44 bits per heavy atom. The fourth-order valence-electron chi connectivity index (χ4n) is 1.23. The van der Waals surface area contributed by atoms with Crippen molar-refractivity contribution in [3.05, 3.63) is 30.1 Å². The molecule has 3 nitrogen and oxygen atoms in total. The average Bonchev–Trinajstić information content (AvgIpc) is 2.38. The molecule has 1 atom stereocenters. The highest BCUT2D eigenvalue weighted by Crippen LogP contribution is 2.18. The van der Waals surface area contributed by atoms with Gasteiger partial charge in [-0.25, -0.2) is 4.39 Å². The number of hydrogen-bond acceptors (Lipinski definition) is 3. The van der Waals surface area contributed by atoms with E-state index in [1.807, 2.05) is 6.92 Å². The van der Waals surface area contributed by atoms with E-state index in [-0.39, 0.29) is 24.2 Å². The molecule has 0 aromatic heterocycles. The van der Waals surface area contributed by atoms with Gasteiger partial charge >= 0.3 is 0 Å². The number of rotatable bonds is 7. The van der Waals surface area contributed by atoms with Crippen molar-refractivity contribution in [3.63, 3.8) is 0 Å². The third-order valence-corrected chi connectivity index (χ3v) is 3.38. The second-order valence-electron chi connectivity index (χ2n) is 4.14. The predicted molar refractivity (Wildman–Crippen MR) is 71.0 cm³/mol. The van der Waals surface area contributed by atoms with Crippen LogP contribution in [0.1, 0.15) is 13.3 Å². The van der Waals surface area contributed by atoms with Crippen LogP contribution in [0.3, 0.4) is 0 Å². The minimum absolute atomic E-state index is 0.0232. The molecular formula is C13H18FNO2S. The number of carbonyl (C=O) groups excluding carboxylic acids is 1. The maximum Gasteiger partial charge on any atom is 0.220 e. The SMILES string of the molecule is CC(CO)CNC(=O)CCSc1ccc(F)cc1. The smallest absolute Gasteiger partial charge is 0.220 e. The number of aliphatic hydroxyl groups is 1. The molecule has 0 fully saturated rings. The Kier molecular flexibility index (Phi) is 6.75. The lowest BCUT2D eigenvalue weighted by molar-refractivity contribution is -0.120. The van der Waals surface area contributed by atoms with Crippen molar-refractivity contribution in [2.75, 3.05) is 18.9 Å². The largest absolute Gasteiger partial charge is 0.396 e. The summed E-state index contributed by atoms with van der Waals surface area (Å²) in [6.45, 7) is 2.44. The number of halogens is 1. The van der Waals surface area contributed by atoms with Crippen LogP contribution in [0.5, 0.6) is 0 Å². The summed E-state index contributed by atoms with van der Waals surface area (Å²) in [7, 11) is 0. The van der Waals surface area contributed by atoms with Crippen LogP contribution in [0.4, 0.5) is 4.39 Å². The first-order chi connectivity index (χ1) is 8.61. The van der Waals surface area contributed by atoms with Crippen LogP contribution in [0, 0.1) is 11.7 Å². The minimum atomic E-state index is -0.255. The molecule has 0 spiro atoms. The van der Waals surface area contributed by atoms with Crippen LogP contribution < -0.4 is 5.32 Å². The predicted octanol–water partition coefficient (Wildman–Crippen LogP) is 2.05. The lowest BCUT2D eigenvalue weighted by Crippen LogP contribution is -2.29. The summed E-state index contributed by atoms with van der Waals surface area (Å²) in [6, 6.07) is 6.22. The molecule has 1 unspecified atom stereocenters. The molecule has 0 saturated heterocycles. The van der Waals surface area contributed by atoms with Crippen molar-refractivity contribution in [2.45, 2.75) is 18.2 Å². The second kappa shape index (κ2) is 8.11. The van der Waals surface area contributed by atoms with Crippen LogP contribution in [-0.4, -0.2) is 29.9 Å². The average molecular weight is 271 g/mol. The van der Waals surface area contributed by atoms with Crippen molar-refractivity contribution in [2.24, 2.45) is 5.92 Å². The Hall–Kier alpha value is -1.07. The third kappa shape index (κ3) is 6.02. The first kappa shape index (κ1) is 15.0. The molecule has 1 amide bonds. The first-order valence-corrected chi connectivity index (χ1v) is 6.86. The van der Waals surface area contributed by atoms with Crippen molar-refractivity contribution < 1.29 is 14.3 Å². The van der Waals surface area contributed by atoms with Gasteiger partial charge in [-0.3, -0.25) is 4.79 Å². The van der Waals surface area contributed by atoms with Gasteiger partial charge in [-0.1, -0.05) is 6.92 Å². The van der Waals surface area contributed by atoms with Gasteiger partial charge in [-0.2, -0.15) is 0 Å². The summed E-state index contributed by atoms with van der Waals surface area (Å²) in [5, 5.41) is 11.6. The lowest BCUT2D eigenvalue weighted by Gasteiger charge is -2.09. The Morgan fingerprint density at radius 2 is 2.11 bits per heavy atom. The van der Waals surface area contributed by atoms with E-state index >= 15 is 0 Å². The molecule has 1 aromatic carbocycles. The number of benzene rings is 1. The Bertz CT molecular complexity index is 370. The summed E-state index contributed by atoms with van der Waals surface area (Å²) in [4.78, 5) is 12.4. The molecule has 5 heteroatoms. The van der Waals surface area contributed by atoms with Crippen molar-refractivity contribution >= 4 is 17.7 Å². The molecule has 0 bridgehead atoms. The zero-order valence-electron chi connectivity index (χ0n) is 10.4. The lowest BCUT2D eigenvalue weighted by atomic mass is 10.2. The van der Waals surface area contributed by atoms with Crippen LogP contribution in [0.2, 0.25) is 0 Å². The molecule has 1 aromatic rings. The van der Waals surface area contributed by atoms with Gasteiger partial charge in [0, 0.05) is 30.2 Å². The van der Waals surface area contributed by atoms with Gasteiger partial charge in [0.05, 0.1) is 0 Å². The summed E-state index contributed by atoms with van der Waals surface area (Å²) >= 11 is 1.52. The first-order valence-electron chi connectivity index (χ1n) is 5.87. The van der Waals surface area contributed by atoms with Crippen LogP contribution in [0.25, 0.3) is 0 Å². The highest BCUT2D eigenvalue weighted by Gasteiger charge is 2.04. The van der Waals surface area contributed by atoms with Gasteiger partial charge in [0.15, 0.2) is 0 Å². The van der Waals surface area contributed by atoms with E-state index in [9.17, 15) is 9.18 Å². The monoisotopic (exact) mass is 271 g/mol. The highest BCUT2D eigenvalue weighted by molar-refractivity contribution is 7.99. The molecular weight excluding hydrogens is 253 g/mol. The minimum Gasteiger partial charge on any atom is -0.396 e. The molecule has 0 aliphatic carbocycles. The number of thioether (sulfide) groups is 1. The zero-order valence-corrected chi connectivity index (χ0v) is 11.2. The van der Waals surface area contributed by atoms with Gasteiger partial charge in [0.2, 0.25) is 5.91 Å². The van der Waals surface area contributed by atoms with E-state index in [4.69, 9.17) is 5.11 Å². The Balaban J connectivity index is 2.17. The Morgan fingerprint density at radius 3 is 2.72 bits per heavy atom. The molecule has 0 heterocycles. The summed E-state index contributed by atoms with van der Waals surface area (Å²) < 4.78 is 12.7. The van der Waals surface area contributed by atoms with E-state index < -0.39 is 0 Å². The van der Waals surface area contributed by atoms with Gasteiger partial charge < -0.3 is 10.4 Å². The van der Waals surface area contributed by atoms with E-state index in [1.54, 1.807) is 12.1 Å². The fraction of sp³-hybridized carbons (Fsp3) is 0.462. The second-order valence-corrected chi connectivity index (χ2v) is 5.31. The van der Waals surface area contributed by atoms with Crippen LogP contribution >= 0.6 is 11.8 Å². The number of aliphatic hydroxyl groups excluding tert-OH is 1. The van der Waals surface area contributed by atoms with E-state index in [1.165, 1.54) is 23.9 Å². The molecule has 100 valence electrons. The molecule has 0 aliphatic rings. The van der Waals surface area contributed by atoms with Crippen molar-refractivity contribution in [1.29, 1.82) is 0 Å². The molecule has 0 saturated carbocycles. The normalized spacial score (nSPS) is 12.2. The molecule has 0 aliphatic heterocycles.